The van der Waals surface area contributed by atoms with Gasteiger partial charge in [0.2, 0.25) is 0 Å². The fourth-order valence-electron chi connectivity index (χ4n) is 2.52. The molecule has 3 N–H and O–H groups in total. The topological polar surface area (TPSA) is 41.8 Å². The van der Waals surface area contributed by atoms with E-state index in [0.29, 0.717) is 0 Å². The van der Waals surface area contributed by atoms with E-state index in [-0.39, 0.29) is 6.04 Å². The summed E-state index contributed by atoms with van der Waals surface area (Å²) in [6.07, 6.45) is 3.33. The second-order valence-corrected chi connectivity index (χ2v) is 4.59. The average molecular weight is 221 g/mol. The predicted molar refractivity (Wildman–Crippen MR) is 63.2 cm³/mol. The van der Waals surface area contributed by atoms with Crippen molar-refractivity contribution in [2.45, 2.75) is 25.3 Å². The first-order valence-electron chi connectivity index (χ1n) is 5.32. The zero-order chi connectivity index (χ0) is 10.4. The van der Waals surface area contributed by atoms with Gasteiger partial charge in [0.15, 0.2) is 0 Å². The number of aromatic amines is 1. The van der Waals surface area contributed by atoms with Crippen LogP contribution in [0.5, 0.6) is 0 Å². The van der Waals surface area contributed by atoms with Crippen molar-refractivity contribution in [1.29, 1.82) is 0 Å². The van der Waals surface area contributed by atoms with Crippen LogP contribution in [0.2, 0.25) is 5.02 Å². The number of rotatable bonds is 0. The molecule has 0 aliphatic heterocycles. The number of H-pyrrole nitrogens is 1. The first-order chi connectivity index (χ1) is 7.27. The van der Waals surface area contributed by atoms with E-state index in [1.54, 1.807) is 0 Å². The van der Waals surface area contributed by atoms with Crippen LogP contribution in [0.25, 0.3) is 10.9 Å². The summed E-state index contributed by atoms with van der Waals surface area (Å²) in [5, 5.41) is 1.99. The minimum Gasteiger partial charge on any atom is -0.357 e. The molecule has 1 unspecified atom stereocenters. The average Bonchev–Trinajstić information content (AvgIpc) is 2.59. The molecular formula is C12H13ClN2. The van der Waals surface area contributed by atoms with E-state index in [1.807, 2.05) is 12.1 Å². The normalized spacial score (nSPS) is 20.5. The third kappa shape index (κ3) is 1.29. The highest BCUT2D eigenvalue weighted by atomic mass is 35.5. The molecule has 1 aromatic heterocycles. The first kappa shape index (κ1) is 9.25. The first-order valence-corrected chi connectivity index (χ1v) is 5.69. The Morgan fingerprint density at radius 3 is 3.13 bits per heavy atom. The van der Waals surface area contributed by atoms with Gasteiger partial charge in [0.1, 0.15) is 0 Å². The Labute approximate surface area is 93.4 Å². The SMILES string of the molecule is NC1CCCc2[nH]c3c(Cl)cccc3c21. The third-order valence-corrected chi connectivity index (χ3v) is 3.53. The van der Waals surface area contributed by atoms with Gasteiger partial charge in [0.05, 0.1) is 10.5 Å². The molecule has 2 aromatic rings. The van der Waals surface area contributed by atoms with Crippen LogP contribution in [0.15, 0.2) is 18.2 Å². The molecule has 15 heavy (non-hydrogen) atoms. The fourth-order valence-corrected chi connectivity index (χ4v) is 2.74. The van der Waals surface area contributed by atoms with Crippen molar-refractivity contribution in [2.24, 2.45) is 5.73 Å². The van der Waals surface area contributed by atoms with E-state index in [4.69, 9.17) is 17.3 Å². The molecule has 2 nitrogen and oxygen atoms in total. The van der Waals surface area contributed by atoms with Crippen molar-refractivity contribution in [1.82, 2.24) is 4.98 Å². The van der Waals surface area contributed by atoms with Gasteiger partial charge < -0.3 is 10.7 Å². The highest BCUT2D eigenvalue weighted by molar-refractivity contribution is 6.35. The van der Waals surface area contributed by atoms with Crippen LogP contribution in [0, 0.1) is 0 Å². The molecule has 3 heteroatoms. The van der Waals surface area contributed by atoms with E-state index >= 15 is 0 Å². The van der Waals surface area contributed by atoms with Crippen molar-refractivity contribution >= 4 is 22.5 Å². The Morgan fingerprint density at radius 2 is 2.27 bits per heavy atom. The van der Waals surface area contributed by atoms with Crippen LogP contribution >= 0.6 is 11.6 Å². The van der Waals surface area contributed by atoms with E-state index in [2.05, 4.69) is 11.1 Å². The number of benzene rings is 1. The lowest BCUT2D eigenvalue weighted by molar-refractivity contribution is 0.569. The number of para-hydroxylation sites is 1. The molecule has 1 aliphatic rings. The Bertz CT molecular complexity index is 516. The highest BCUT2D eigenvalue weighted by Crippen LogP contribution is 2.36. The molecule has 1 atom stereocenters. The summed E-state index contributed by atoms with van der Waals surface area (Å²) in [7, 11) is 0. The maximum atomic E-state index is 6.15. The van der Waals surface area contributed by atoms with E-state index in [9.17, 15) is 0 Å². The summed E-state index contributed by atoms with van der Waals surface area (Å²) >= 11 is 6.15. The highest BCUT2D eigenvalue weighted by Gasteiger charge is 2.22. The van der Waals surface area contributed by atoms with Crippen LogP contribution in [-0.2, 0) is 6.42 Å². The Balaban J connectivity index is 2.36. The molecule has 0 radical (unpaired) electrons. The number of aryl methyl sites for hydroxylation is 1. The number of nitrogens with one attached hydrogen (secondary N) is 1. The van der Waals surface area contributed by atoms with Gasteiger partial charge in [-0.1, -0.05) is 23.7 Å². The molecule has 0 amide bonds. The van der Waals surface area contributed by atoms with Gasteiger partial charge in [-0.3, -0.25) is 0 Å². The van der Waals surface area contributed by atoms with Gasteiger partial charge in [0, 0.05) is 17.1 Å². The van der Waals surface area contributed by atoms with E-state index in [0.717, 1.165) is 23.4 Å². The smallest absolute Gasteiger partial charge is 0.0648 e. The summed E-state index contributed by atoms with van der Waals surface area (Å²) in [6, 6.07) is 6.17. The maximum Gasteiger partial charge on any atom is 0.0648 e. The second-order valence-electron chi connectivity index (χ2n) is 4.18. The molecular weight excluding hydrogens is 208 g/mol. The van der Waals surface area contributed by atoms with Gasteiger partial charge in [-0.15, -0.1) is 0 Å². The molecule has 0 spiro atoms. The number of nitrogens with two attached hydrogens (primary N) is 1. The Kier molecular flexibility index (Phi) is 2.01. The molecule has 0 bridgehead atoms. The third-order valence-electron chi connectivity index (χ3n) is 3.22. The fraction of sp³-hybridized carbons (Fsp3) is 0.333. The summed E-state index contributed by atoms with van der Waals surface area (Å²) in [4.78, 5) is 3.40. The van der Waals surface area contributed by atoms with Crippen LogP contribution in [0.3, 0.4) is 0 Å². The number of hydrogen-bond donors (Lipinski definition) is 2. The zero-order valence-electron chi connectivity index (χ0n) is 8.39. The molecule has 0 saturated heterocycles. The molecule has 1 heterocycles. The number of halogens is 1. The van der Waals surface area contributed by atoms with Gasteiger partial charge in [-0.2, -0.15) is 0 Å². The lowest BCUT2D eigenvalue weighted by Gasteiger charge is -2.18. The van der Waals surface area contributed by atoms with Crippen molar-refractivity contribution < 1.29 is 0 Å². The molecule has 0 fully saturated rings. The minimum absolute atomic E-state index is 0.168. The van der Waals surface area contributed by atoms with Crippen LogP contribution in [-0.4, -0.2) is 4.98 Å². The molecule has 1 aliphatic carbocycles. The van der Waals surface area contributed by atoms with Crippen LogP contribution in [0.4, 0.5) is 0 Å². The lowest BCUT2D eigenvalue weighted by Crippen LogP contribution is -2.16. The van der Waals surface area contributed by atoms with Crippen molar-refractivity contribution in [3.05, 3.63) is 34.5 Å². The number of hydrogen-bond acceptors (Lipinski definition) is 1. The summed E-state index contributed by atoms with van der Waals surface area (Å²) in [6.45, 7) is 0. The molecule has 78 valence electrons. The maximum absolute atomic E-state index is 6.15. The second kappa shape index (κ2) is 3.26. The van der Waals surface area contributed by atoms with Crippen molar-refractivity contribution in [3.8, 4) is 0 Å². The van der Waals surface area contributed by atoms with E-state index < -0.39 is 0 Å². The number of aromatic nitrogens is 1. The van der Waals surface area contributed by atoms with Gasteiger partial charge in [0.25, 0.3) is 0 Å². The monoisotopic (exact) mass is 220 g/mol. The summed E-state index contributed by atoms with van der Waals surface area (Å²) in [5.74, 6) is 0. The predicted octanol–water partition coefficient (Wildman–Crippen LogP) is 3.16. The number of fused-ring (bicyclic) bond motifs is 3. The molecule has 3 rings (SSSR count). The minimum atomic E-state index is 0.168. The largest absolute Gasteiger partial charge is 0.357 e. The Hall–Kier alpha value is -0.990. The van der Waals surface area contributed by atoms with Gasteiger partial charge >= 0.3 is 0 Å². The quantitative estimate of drug-likeness (QED) is 0.704. The summed E-state index contributed by atoms with van der Waals surface area (Å²) in [5.41, 5.74) is 9.74. The van der Waals surface area contributed by atoms with Crippen LogP contribution < -0.4 is 5.73 Å². The summed E-state index contributed by atoms with van der Waals surface area (Å²) < 4.78 is 0. The van der Waals surface area contributed by atoms with Crippen LogP contribution in [0.1, 0.15) is 30.1 Å². The van der Waals surface area contributed by atoms with Gasteiger partial charge in [-0.05, 0) is 30.9 Å². The molecule has 0 saturated carbocycles. The van der Waals surface area contributed by atoms with Gasteiger partial charge in [-0.25, -0.2) is 0 Å². The molecule has 1 aromatic carbocycles. The van der Waals surface area contributed by atoms with E-state index in [1.165, 1.54) is 23.1 Å². The standard InChI is InChI=1S/C12H13ClN2/c13-8-4-1-3-7-11-9(14)5-2-6-10(11)15-12(7)8/h1,3-4,9,15H,2,5-6,14H2. The lowest BCUT2D eigenvalue weighted by atomic mass is 9.91. The van der Waals surface area contributed by atoms with Crippen molar-refractivity contribution in [3.63, 3.8) is 0 Å². The Morgan fingerprint density at radius 1 is 1.40 bits per heavy atom. The zero-order valence-corrected chi connectivity index (χ0v) is 9.14. The van der Waals surface area contributed by atoms with Crippen molar-refractivity contribution in [2.75, 3.05) is 0 Å².